The number of hydrogen-bond donors (Lipinski definition) is 1. The Labute approximate surface area is 145 Å². The van der Waals surface area contributed by atoms with Crippen LogP contribution in [-0.4, -0.2) is 17.0 Å². The highest BCUT2D eigenvalue weighted by Gasteiger charge is 2.20. The molecule has 0 aliphatic carbocycles. The van der Waals surface area contributed by atoms with Crippen LogP contribution in [0, 0.1) is 0 Å². The third-order valence-electron chi connectivity index (χ3n) is 4.52. The Kier molecular flexibility index (Phi) is 7.20. The van der Waals surface area contributed by atoms with E-state index in [4.69, 9.17) is 0 Å². The fraction of sp³-hybridized carbons (Fsp3) is 0.409. The highest BCUT2D eigenvalue weighted by Crippen LogP contribution is 2.31. The molecule has 2 nitrogen and oxygen atoms in total. The summed E-state index contributed by atoms with van der Waals surface area (Å²) in [5.74, 6) is 0.410. The van der Waals surface area contributed by atoms with E-state index < -0.39 is 0 Å². The molecular formula is C22H28O2. The zero-order valence-electron chi connectivity index (χ0n) is 14.7. The van der Waals surface area contributed by atoms with Gasteiger partial charge in [0, 0.05) is 11.1 Å². The van der Waals surface area contributed by atoms with Crippen molar-refractivity contribution in [1.82, 2.24) is 0 Å². The number of aliphatic hydroxyl groups is 1. The van der Waals surface area contributed by atoms with Gasteiger partial charge in [0.15, 0.2) is 5.78 Å². The van der Waals surface area contributed by atoms with Gasteiger partial charge in [0.25, 0.3) is 0 Å². The van der Waals surface area contributed by atoms with Crippen molar-refractivity contribution in [2.75, 3.05) is 0 Å². The fourth-order valence-electron chi connectivity index (χ4n) is 3.15. The van der Waals surface area contributed by atoms with Crippen LogP contribution in [0.25, 0.3) is 0 Å². The minimum atomic E-state index is -0.300. The Morgan fingerprint density at radius 3 is 2.29 bits per heavy atom. The second-order valence-corrected chi connectivity index (χ2v) is 6.55. The molecule has 0 radical (unpaired) electrons. The van der Waals surface area contributed by atoms with Gasteiger partial charge in [-0.25, -0.2) is 0 Å². The lowest BCUT2D eigenvalue weighted by atomic mass is 9.84. The van der Waals surface area contributed by atoms with E-state index in [0.29, 0.717) is 5.92 Å². The van der Waals surface area contributed by atoms with E-state index in [1.807, 2.05) is 55.5 Å². The Hall–Kier alpha value is -1.93. The summed E-state index contributed by atoms with van der Waals surface area (Å²) in [4.78, 5) is 12.9. The lowest BCUT2D eigenvalue weighted by Crippen LogP contribution is -2.11. The number of aliphatic hydroxyl groups excluding tert-OH is 1. The normalized spacial score (nSPS) is 13.5. The van der Waals surface area contributed by atoms with Crippen LogP contribution in [0.15, 0.2) is 54.6 Å². The monoisotopic (exact) mass is 324 g/mol. The van der Waals surface area contributed by atoms with Crippen LogP contribution >= 0.6 is 0 Å². The Balaban J connectivity index is 2.31. The second-order valence-electron chi connectivity index (χ2n) is 6.55. The summed E-state index contributed by atoms with van der Waals surface area (Å²) in [6.07, 6.45) is 4.71. The van der Waals surface area contributed by atoms with E-state index in [1.165, 1.54) is 0 Å². The number of benzene rings is 2. The van der Waals surface area contributed by atoms with Gasteiger partial charge in [0.1, 0.15) is 0 Å². The zero-order valence-corrected chi connectivity index (χ0v) is 14.7. The predicted octanol–water partition coefficient (Wildman–Crippen LogP) is 5.35. The van der Waals surface area contributed by atoms with Gasteiger partial charge in [-0.1, -0.05) is 74.4 Å². The zero-order chi connectivity index (χ0) is 17.4. The van der Waals surface area contributed by atoms with E-state index in [0.717, 1.165) is 48.8 Å². The molecule has 0 bridgehead atoms. The van der Waals surface area contributed by atoms with E-state index in [-0.39, 0.29) is 11.9 Å². The Bertz CT molecular complexity index is 631. The molecule has 2 aromatic rings. The highest BCUT2D eigenvalue weighted by molar-refractivity contribution is 6.10. The van der Waals surface area contributed by atoms with Gasteiger partial charge in [0.2, 0.25) is 0 Å². The van der Waals surface area contributed by atoms with Crippen molar-refractivity contribution in [2.45, 2.75) is 58.0 Å². The van der Waals surface area contributed by atoms with Gasteiger partial charge >= 0.3 is 0 Å². The highest BCUT2D eigenvalue weighted by atomic mass is 16.3. The molecule has 2 heteroatoms. The van der Waals surface area contributed by atoms with Crippen LogP contribution < -0.4 is 0 Å². The van der Waals surface area contributed by atoms with Gasteiger partial charge in [0.05, 0.1) is 6.10 Å². The summed E-state index contributed by atoms with van der Waals surface area (Å²) in [6.45, 7) is 4.02. The molecule has 1 N–H and O–H groups in total. The standard InChI is InChI=1S/C22H28O2/c1-3-4-10-18(16-15-17(2)23)20-13-8-9-14-21(20)22(24)19-11-6-5-7-12-19/h5-9,11-14,17-18,23H,3-4,10,15-16H2,1-2H3. The molecule has 0 aliphatic rings. The molecule has 0 aliphatic heterocycles. The fourth-order valence-corrected chi connectivity index (χ4v) is 3.15. The molecule has 128 valence electrons. The summed E-state index contributed by atoms with van der Waals surface area (Å²) in [6, 6.07) is 17.4. The number of carbonyl (C=O) groups excluding carboxylic acids is 1. The molecule has 24 heavy (non-hydrogen) atoms. The summed E-state index contributed by atoms with van der Waals surface area (Å²) < 4.78 is 0. The van der Waals surface area contributed by atoms with Gasteiger partial charge in [-0.3, -0.25) is 4.79 Å². The van der Waals surface area contributed by atoms with Crippen molar-refractivity contribution >= 4 is 5.78 Å². The molecule has 0 heterocycles. The van der Waals surface area contributed by atoms with E-state index >= 15 is 0 Å². The first-order valence-corrected chi connectivity index (χ1v) is 9.00. The maximum Gasteiger partial charge on any atom is 0.193 e. The molecule has 0 amide bonds. The predicted molar refractivity (Wildman–Crippen MR) is 99.5 cm³/mol. The summed E-state index contributed by atoms with van der Waals surface area (Å²) in [7, 11) is 0. The quantitative estimate of drug-likeness (QED) is 0.631. The van der Waals surface area contributed by atoms with Crippen molar-refractivity contribution in [3.8, 4) is 0 Å². The van der Waals surface area contributed by atoms with Crippen molar-refractivity contribution in [1.29, 1.82) is 0 Å². The topological polar surface area (TPSA) is 37.3 Å². The average molecular weight is 324 g/mol. The number of rotatable bonds is 9. The lowest BCUT2D eigenvalue weighted by Gasteiger charge is -2.21. The molecule has 2 unspecified atom stereocenters. The van der Waals surface area contributed by atoms with Crippen LogP contribution in [0.3, 0.4) is 0 Å². The van der Waals surface area contributed by atoms with Crippen LogP contribution in [0.5, 0.6) is 0 Å². The maximum atomic E-state index is 12.9. The molecule has 2 aromatic carbocycles. The molecular weight excluding hydrogens is 296 g/mol. The molecule has 2 rings (SSSR count). The van der Waals surface area contributed by atoms with E-state index in [9.17, 15) is 9.90 Å². The van der Waals surface area contributed by atoms with Gasteiger partial charge in [-0.15, -0.1) is 0 Å². The van der Waals surface area contributed by atoms with Crippen molar-refractivity contribution in [2.24, 2.45) is 0 Å². The molecule has 0 saturated carbocycles. The van der Waals surface area contributed by atoms with E-state index in [1.54, 1.807) is 0 Å². The average Bonchev–Trinajstić information content (AvgIpc) is 2.62. The minimum absolute atomic E-state index is 0.0877. The van der Waals surface area contributed by atoms with Crippen molar-refractivity contribution in [3.63, 3.8) is 0 Å². The second kappa shape index (κ2) is 9.39. The molecule has 0 spiro atoms. The first-order valence-electron chi connectivity index (χ1n) is 9.00. The van der Waals surface area contributed by atoms with Crippen LogP contribution in [0.1, 0.15) is 73.4 Å². The largest absolute Gasteiger partial charge is 0.393 e. The Morgan fingerprint density at radius 1 is 0.958 bits per heavy atom. The smallest absolute Gasteiger partial charge is 0.193 e. The third-order valence-corrected chi connectivity index (χ3v) is 4.52. The van der Waals surface area contributed by atoms with Crippen LogP contribution in [0.2, 0.25) is 0 Å². The van der Waals surface area contributed by atoms with Crippen molar-refractivity contribution < 1.29 is 9.90 Å². The summed E-state index contributed by atoms with van der Waals surface area (Å²) in [5.41, 5.74) is 2.66. The molecule has 0 saturated heterocycles. The number of carbonyl (C=O) groups is 1. The maximum absolute atomic E-state index is 12.9. The van der Waals surface area contributed by atoms with Crippen molar-refractivity contribution in [3.05, 3.63) is 71.3 Å². The summed E-state index contributed by atoms with van der Waals surface area (Å²) >= 11 is 0. The third kappa shape index (κ3) is 5.04. The minimum Gasteiger partial charge on any atom is -0.393 e. The van der Waals surface area contributed by atoms with Gasteiger partial charge in [-0.05, 0) is 37.7 Å². The Morgan fingerprint density at radius 2 is 1.62 bits per heavy atom. The number of ketones is 1. The first kappa shape index (κ1) is 18.4. The number of unbranched alkanes of at least 4 members (excludes halogenated alkanes) is 1. The molecule has 0 aromatic heterocycles. The van der Waals surface area contributed by atoms with Crippen LogP contribution in [0.4, 0.5) is 0 Å². The lowest BCUT2D eigenvalue weighted by molar-refractivity contribution is 0.103. The molecule has 0 fully saturated rings. The SMILES string of the molecule is CCCCC(CCC(C)O)c1ccccc1C(=O)c1ccccc1. The summed E-state index contributed by atoms with van der Waals surface area (Å²) in [5, 5.41) is 9.66. The van der Waals surface area contributed by atoms with Gasteiger partial charge < -0.3 is 5.11 Å². The van der Waals surface area contributed by atoms with Gasteiger partial charge in [-0.2, -0.15) is 0 Å². The van der Waals surface area contributed by atoms with E-state index in [2.05, 4.69) is 13.0 Å². The number of hydrogen-bond acceptors (Lipinski definition) is 2. The molecule has 2 atom stereocenters. The first-order chi connectivity index (χ1) is 11.6. The van der Waals surface area contributed by atoms with Crippen LogP contribution in [-0.2, 0) is 0 Å².